The maximum absolute atomic E-state index is 13.9. The zero-order chi connectivity index (χ0) is 24.2. The highest BCUT2D eigenvalue weighted by Crippen LogP contribution is 2.31. The zero-order valence-electron chi connectivity index (χ0n) is 19.8. The molecular weight excluding hydrogens is 477 g/mol. The lowest BCUT2D eigenvalue weighted by molar-refractivity contribution is 0.0493. The molecule has 6 heteroatoms. The lowest BCUT2D eigenvalue weighted by Gasteiger charge is -2.46. The first-order chi connectivity index (χ1) is 17.1. The summed E-state index contributed by atoms with van der Waals surface area (Å²) in [6.07, 6.45) is 3.80. The molecule has 0 unspecified atom stereocenters. The minimum atomic E-state index is 0.0305. The largest absolute Gasteiger partial charge is 0.371 e. The van der Waals surface area contributed by atoms with Gasteiger partial charge in [0.05, 0.1) is 10.6 Å². The summed E-state index contributed by atoms with van der Waals surface area (Å²) < 4.78 is 0. The highest BCUT2D eigenvalue weighted by molar-refractivity contribution is 6.36. The van der Waals surface area contributed by atoms with Crippen LogP contribution in [0.1, 0.15) is 36.0 Å². The molecule has 0 spiro atoms. The average Bonchev–Trinajstić information content (AvgIpc) is 2.90. The van der Waals surface area contributed by atoms with Crippen LogP contribution in [0.3, 0.4) is 0 Å². The van der Waals surface area contributed by atoms with Crippen molar-refractivity contribution in [2.75, 3.05) is 36.0 Å². The molecule has 0 N–H and O–H groups in total. The van der Waals surface area contributed by atoms with Crippen molar-refractivity contribution in [2.24, 2.45) is 0 Å². The topological polar surface area (TPSA) is 26.8 Å². The van der Waals surface area contributed by atoms with Gasteiger partial charge < -0.3 is 14.7 Å². The SMILES string of the molecule is O=C(c1ccc(Cl)cc1Cl)N(C1CCN(c2ccccc2)CC1)C1CCN(c2ccccc2)CC1. The Hall–Kier alpha value is -2.69. The Bertz CT molecular complexity index is 1070. The normalized spacial score (nSPS) is 17.4. The summed E-state index contributed by atoms with van der Waals surface area (Å²) >= 11 is 12.6. The molecule has 2 fully saturated rings. The smallest absolute Gasteiger partial charge is 0.255 e. The molecule has 182 valence electrons. The summed E-state index contributed by atoms with van der Waals surface area (Å²) in [7, 11) is 0. The van der Waals surface area contributed by atoms with Crippen LogP contribution in [-0.2, 0) is 0 Å². The molecule has 3 aromatic carbocycles. The van der Waals surface area contributed by atoms with Crippen molar-refractivity contribution in [3.63, 3.8) is 0 Å². The van der Waals surface area contributed by atoms with Crippen LogP contribution in [-0.4, -0.2) is 49.1 Å². The quantitative estimate of drug-likeness (QED) is 0.381. The first-order valence-electron chi connectivity index (χ1n) is 12.5. The van der Waals surface area contributed by atoms with Gasteiger partial charge in [-0.3, -0.25) is 4.79 Å². The van der Waals surface area contributed by atoms with E-state index in [-0.39, 0.29) is 18.0 Å². The summed E-state index contributed by atoms with van der Waals surface area (Å²) in [6.45, 7) is 3.76. The number of halogens is 2. The van der Waals surface area contributed by atoms with Gasteiger partial charge in [-0.2, -0.15) is 0 Å². The fraction of sp³-hybridized carbons (Fsp3) is 0.345. The number of carbonyl (C=O) groups is 1. The van der Waals surface area contributed by atoms with E-state index in [0.717, 1.165) is 51.9 Å². The van der Waals surface area contributed by atoms with Gasteiger partial charge in [0.2, 0.25) is 0 Å². The van der Waals surface area contributed by atoms with E-state index in [0.29, 0.717) is 15.6 Å². The minimum absolute atomic E-state index is 0.0305. The highest BCUT2D eigenvalue weighted by atomic mass is 35.5. The number of hydrogen-bond donors (Lipinski definition) is 0. The second-order valence-corrected chi connectivity index (χ2v) is 10.3. The van der Waals surface area contributed by atoms with Crippen molar-refractivity contribution in [3.8, 4) is 0 Å². The third kappa shape index (κ3) is 5.44. The van der Waals surface area contributed by atoms with Gasteiger partial charge in [-0.25, -0.2) is 0 Å². The van der Waals surface area contributed by atoms with Gasteiger partial charge in [0.1, 0.15) is 0 Å². The summed E-state index contributed by atoms with van der Waals surface area (Å²) in [5.74, 6) is 0.0305. The number of piperidine rings is 2. The third-order valence-electron chi connectivity index (χ3n) is 7.35. The summed E-state index contributed by atoms with van der Waals surface area (Å²) in [5.41, 5.74) is 3.05. The van der Waals surface area contributed by atoms with Crippen LogP contribution in [0, 0.1) is 0 Å². The van der Waals surface area contributed by atoms with Gasteiger partial charge in [-0.05, 0) is 68.1 Å². The Morgan fingerprint density at radius 2 is 1.14 bits per heavy atom. The Labute approximate surface area is 218 Å². The molecule has 0 aliphatic carbocycles. The van der Waals surface area contributed by atoms with E-state index >= 15 is 0 Å². The molecule has 0 atom stereocenters. The summed E-state index contributed by atoms with van der Waals surface area (Å²) in [4.78, 5) is 21.0. The number of hydrogen-bond acceptors (Lipinski definition) is 3. The number of rotatable bonds is 5. The average molecular weight is 508 g/mol. The molecular formula is C29H31Cl2N3O. The molecule has 2 aliphatic heterocycles. The van der Waals surface area contributed by atoms with Crippen LogP contribution in [0.4, 0.5) is 11.4 Å². The van der Waals surface area contributed by atoms with Crippen LogP contribution in [0.5, 0.6) is 0 Å². The molecule has 4 nitrogen and oxygen atoms in total. The molecule has 35 heavy (non-hydrogen) atoms. The molecule has 1 amide bonds. The summed E-state index contributed by atoms with van der Waals surface area (Å²) in [5, 5.41) is 0.974. The molecule has 0 aromatic heterocycles. The van der Waals surface area contributed by atoms with E-state index in [1.54, 1.807) is 18.2 Å². The fourth-order valence-electron chi connectivity index (χ4n) is 5.51. The number of benzene rings is 3. The van der Waals surface area contributed by atoms with Crippen molar-refractivity contribution in [3.05, 3.63) is 94.5 Å². The predicted molar refractivity (Wildman–Crippen MR) is 146 cm³/mol. The Morgan fingerprint density at radius 3 is 1.57 bits per heavy atom. The van der Waals surface area contributed by atoms with E-state index in [1.807, 2.05) is 12.1 Å². The Morgan fingerprint density at radius 1 is 0.686 bits per heavy atom. The van der Waals surface area contributed by atoms with Crippen molar-refractivity contribution < 1.29 is 4.79 Å². The first kappa shape index (κ1) is 24.0. The van der Waals surface area contributed by atoms with Crippen LogP contribution in [0.25, 0.3) is 0 Å². The molecule has 0 bridgehead atoms. The van der Waals surface area contributed by atoms with Crippen molar-refractivity contribution >= 4 is 40.5 Å². The molecule has 5 rings (SSSR count). The second-order valence-electron chi connectivity index (χ2n) is 9.44. The molecule has 3 aromatic rings. The minimum Gasteiger partial charge on any atom is -0.371 e. The summed E-state index contributed by atoms with van der Waals surface area (Å²) in [6, 6.07) is 26.7. The molecule has 0 saturated carbocycles. The van der Waals surface area contributed by atoms with Gasteiger partial charge in [-0.15, -0.1) is 0 Å². The van der Waals surface area contributed by atoms with Crippen molar-refractivity contribution in [1.29, 1.82) is 0 Å². The molecule has 0 radical (unpaired) electrons. The highest BCUT2D eigenvalue weighted by Gasteiger charge is 2.36. The second kappa shape index (κ2) is 10.9. The lowest BCUT2D eigenvalue weighted by atomic mass is 9.94. The lowest BCUT2D eigenvalue weighted by Crippen LogP contribution is -2.54. The van der Waals surface area contributed by atoms with E-state index in [1.165, 1.54) is 11.4 Å². The number of anilines is 2. The van der Waals surface area contributed by atoms with Crippen LogP contribution >= 0.6 is 23.2 Å². The van der Waals surface area contributed by atoms with Gasteiger partial charge in [0.25, 0.3) is 5.91 Å². The van der Waals surface area contributed by atoms with Gasteiger partial charge in [0.15, 0.2) is 0 Å². The standard InChI is InChI=1S/C29H31Cl2N3O/c30-22-11-12-27(28(31)21-22)29(35)34(25-13-17-32(18-14-25)23-7-3-1-4-8-23)26-15-19-33(20-16-26)24-9-5-2-6-10-24/h1-12,21,25-26H,13-20H2. The first-order valence-corrected chi connectivity index (χ1v) is 13.2. The third-order valence-corrected chi connectivity index (χ3v) is 7.90. The van der Waals surface area contributed by atoms with Gasteiger partial charge in [-0.1, -0.05) is 59.6 Å². The van der Waals surface area contributed by atoms with Crippen molar-refractivity contribution in [1.82, 2.24) is 4.90 Å². The Kier molecular flexibility index (Phi) is 7.50. The fourth-order valence-corrected chi connectivity index (χ4v) is 6.00. The predicted octanol–water partition coefficient (Wildman–Crippen LogP) is 6.77. The van der Waals surface area contributed by atoms with Crippen molar-refractivity contribution in [2.45, 2.75) is 37.8 Å². The number of nitrogens with zero attached hydrogens (tertiary/aromatic N) is 3. The van der Waals surface area contributed by atoms with Crippen LogP contribution in [0.15, 0.2) is 78.9 Å². The zero-order valence-corrected chi connectivity index (χ0v) is 21.3. The van der Waals surface area contributed by atoms with Gasteiger partial charge >= 0.3 is 0 Å². The number of carbonyl (C=O) groups excluding carboxylic acids is 1. The van der Waals surface area contributed by atoms with Gasteiger partial charge in [0, 0.05) is 54.7 Å². The van der Waals surface area contributed by atoms with E-state index in [2.05, 4.69) is 63.2 Å². The van der Waals surface area contributed by atoms with Crippen LogP contribution < -0.4 is 9.80 Å². The van der Waals surface area contributed by atoms with E-state index < -0.39 is 0 Å². The molecule has 2 saturated heterocycles. The molecule has 2 aliphatic rings. The number of para-hydroxylation sites is 2. The maximum Gasteiger partial charge on any atom is 0.255 e. The monoisotopic (exact) mass is 507 g/mol. The van der Waals surface area contributed by atoms with E-state index in [4.69, 9.17) is 23.2 Å². The van der Waals surface area contributed by atoms with E-state index in [9.17, 15) is 4.79 Å². The maximum atomic E-state index is 13.9. The molecule has 2 heterocycles. The van der Waals surface area contributed by atoms with Crippen LogP contribution in [0.2, 0.25) is 10.0 Å². The number of amides is 1. The Balaban J connectivity index is 1.34.